The number of hydrogen-bond acceptors (Lipinski definition) is 4. The van der Waals surface area contributed by atoms with Gasteiger partial charge in [0.1, 0.15) is 5.75 Å². The Morgan fingerprint density at radius 1 is 0.895 bits per heavy atom. The molecule has 6 heteroatoms. The van der Waals surface area contributed by atoms with E-state index in [0.29, 0.717) is 18.7 Å². The lowest BCUT2D eigenvalue weighted by molar-refractivity contribution is -0.136. The number of carbonyl (C=O) groups excluding carboxylic acids is 2. The van der Waals surface area contributed by atoms with Gasteiger partial charge in [-0.05, 0) is 54.2 Å². The van der Waals surface area contributed by atoms with Gasteiger partial charge in [0, 0.05) is 44.3 Å². The summed E-state index contributed by atoms with van der Waals surface area (Å²) < 4.78 is 5.53. The number of rotatable bonds is 7. The molecule has 3 aromatic carbocycles. The standard InChI is InChI=1S/C32H35N3O3/c1-38-26-11-7-10-24(22-26)30-29(27-12-5-6-13-28(27)31(36)35(30)25-14-15-25)32(37)34-20-18-33(19-21-34)17-16-23-8-3-2-4-9-23/h2-13,22,25,29-30H,14-21H2,1H3/t29-,30-/m1/s1. The van der Waals surface area contributed by atoms with Crippen molar-refractivity contribution in [3.8, 4) is 5.75 Å². The maximum absolute atomic E-state index is 14.4. The van der Waals surface area contributed by atoms with E-state index in [1.54, 1.807) is 7.11 Å². The molecule has 1 saturated carbocycles. The SMILES string of the molecule is COc1cccc([C@@H]2[C@H](C(=O)N3CCN(CCc4ccccc4)CC3)c3ccccc3C(=O)N2C2CC2)c1. The Bertz CT molecular complexity index is 1300. The number of piperazine rings is 1. The summed E-state index contributed by atoms with van der Waals surface area (Å²) in [4.78, 5) is 34.6. The number of methoxy groups -OCH3 is 1. The van der Waals surface area contributed by atoms with Crippen molar-refractivity contribution in [3.63, 3.8) is 0 Å². The lowest BCUT2D eigenvalue weighted by Gasteiger charge is -2.45. The molecule has 0 bridgehead atoms. The van der Waals surface area contributed by atoms with E-state index in [9.17, 15) is 9.59 Å². The average Bonchev–Trinajstić information content (AvgIpc) is 3.82. The number of carbonyl (C=O) groups is 2. The Labute approximate surface area is 224 Å². The molecule has 2 atom stereocenters. The van der Waals surface area contributed by atoms with Gasteiger partial charge in [0.2, 0.25) is 5.91 Å². The third-order valence-electron chi connectivity index (χ3n) is 8.26. The summed E-state index contributed by atoms with van der Waals surface area (Å²) in [6.45, 7) is 4.13. The van der Waals surface area contributed by atoms with Gasteiger partial charge in [0.05, 0.1) is 19.1 Å². The highest BCUT2D eigenvalue weighted by molar-refractivity contribution is 6.01. The van der Waals surface area contributed by atoms with Crippen LogP contribution in [0, 0.1) is 0 Å². The topological polar surface area (TPSA) is 53.1 Å². The molecule has 38 heavy (non-hydrogen) atoms. The van der Waals surface area contributed by atoms with E-state index in [1.807, 2.05) is 64.4 Å². The third kappa shape index (κ3) is 4.81. The quantitative estimate of drug-likeness (QED) is 0.470. The summed E-state index contributed by atoms with van der Waals surface area (Å²) in [5, 5.41) is 0. The van der Waals surface area contributed by atoms with E-state index in [4.69, 9.17) is 4.74 Å². The highest BCUT2D eigenvalue weighted by Crippen LogP contribution is 2.48. The monoisotopic (exact) mass is 509 g/mol. The van der Waals surface area contributed by atoms with Crippen LogP contribution in [0.2, 0.25) is 0 Å². The van der Waals surface area contributed by atoms with Gasteiger partial charge in [0.25, 0.3) is 5.91 Å². The van der Waals surface area contributed by atoms with Gasteiger partial charge in [-0.25, -0.2) is 0 Å². The number of nitrogens with zero attached hydrogens (tertiary/aromatic N) is 3. The van der Waals surface area contributed by atoms with Crippen molar-refractivity contribution in [2.24, 2.45) is 0 Å². The van der Waals surface area contributed by atoms with Crippen LogP contribution < -0.4 is 4.74 Å². The van der Waals surface area contributed by atoms with Crippen LogP contribution in [0.1, 0.15) is 51.8 Å². The molecule has 2 aliphatic heterocycles. The Kier molecular flexibility index (Phi) is 6.90. The second kappa shape index (κ2) is 10.6. The largest absolute Gasteiger partial charge is 0.497 e. The third-order valence-corrected chi connectivity index (χ3v) is 8.26. The number of amides is 2. The molecule has 3 aliphatic rings. The van der Waals surface area contributed by atoms with Crippen molar-refractivity contribution in [3.05, 3.63) is 101 Å². The summed E-state index contributed by atoms with van der Waals surface area (Å²) >= 11 is 0. The van der Waals surface area contributed by atoms with Crippen LogP contribution in [0.15, 0.2) is 78.9 Å². The van der Waals surface area contributed by atoms with Gasteiger partial charge < -0.3 is 14.5 Å². The normalized spacial score (nSPS) is 21.8. The zero-order valence-electron chi connectivity index (χ0n) is 22.0. The van der Waals surface area contributed by atoms with Gasteiger partial charge in [-0.3, -0.25) is 14.5 Å². The lowest BCUT2D eigenvalue weighted by Crippen LogP contribution is -2.54. The maximum Gasteiger partial charge on any atom is 0.254 e. The van der Waals surface area contributed by atoms with E-state index >= 15 is 0 Å². The van der Waals surface area contributed by atoms with Crippen LogP contribution in [0.3, 0.4) is 0 Å². The fourth-order valence-electron chi connectivity index (χ4n) is 6.07. The van der Waals surface area contributed by atoms with Crippen molar-refractivity contribution in [2.75, 3.05) is 39.8 Å². The number of benzene rings is 3. The zero-order valence-corrected chi connectivity index (χ0v) is 22.0. The van der Waals surface area contributed by atoms with Crippen LogP contribution in [-0.2, 0) is 11.2 Å². The minimum Gasteiger partial charge on any atom is -0.497 e. The Morgan fingerprint density at radius 3 is 2.37 bits per heavy atom. The predicted octanol–water partition coefficient (Wildman–Crippen LogP) is 4.53. The van der Waals surface area contributed by atoms with Crippen molar-refractivity contribution in [1.82, 2.24) is 14.7 Å². The van der Waals surface area contributed by atoms with Gasteiger partial charge in [0.15, 0.2) is 0 Å². The molecule has 3 aromatic rings. The van der Waals surface area contributed by atoms with Crippen molar-refractivity contribution >= 4 is 11.8 Å². The molecule has 1 saturated heterocycles. The first kappa shape index (κ1) is 24.7. The number of ether oxygens (including phenoxy) is 1. The second-order valence-electron chi connectivity index (χ2n) is 10.6. The maximum atomic E-state index is 14.4. The Morgan fingerprint density at radius 2 is 1.63 bits per heavy atom. The Hall–Kier alpha value is -3.64. The molecule has 6 rings (SSSR count). The first-order valence-electron chi connectivity index (χ1n) is 13.7. The summed E-state index contributed by atoms with van der Waals surface area (Å²) in [6, 6.07) is 26.0. The van der Waals surface area contributed by atoms with E-state index in [0.717, 1.165) is 55.8 Å². The summed E-state index contributed by atoms with van der Waals surface area (Å²) in [5.74, 6) is 0.451. The Balaban J connectivity index is 1.27. The molecule has 2 fully saturated rings. The van der Waals surface area contributed by atoms with E-state index in [1.165, 1.54) is 5.56 Å². The van der Waals surface area contributed by atoms with Gasteiger partial charge >= 0.3 is 0 Å². The number of hydrogen-bond donors (Lipinski definition) is 0. The summed E-state index contributed by atoms with van der Waals surface area (Å²) in [5.41, 5.74) is 3.81. The highest BCUT2D eigenvalue weighted by atomic mass is 16.5. The molecule has 2 amide bonds. The minimum atomic E-state index is -0.438. The summed E-state index contributed by atoms with van der Waals surface area (Å²) in [6.07, 6.45) is 2.98. The van der Waals surface area contributed by atoms with Crippen LogP contribution in [0.5, 0.6) is 5.75 Å². The highest BCUT2D eigenvalue weighted by Gasteiger charge is 2.50. The van der Waals surface area contributed by atoms with Crippen LogP contribution >= 0.6 is 0 Å². The zero-order chi connectivity index (χ0) is 26.1. The van der Waals surface area contributed by atoms with Gasteiger partial charge in [-0.1, -0.05) is 60.7 Å². The first-order valence-corrected chi connectivity index (χ1v) is 13.7. The van der Waals surface area contributed by atoms with Crippen LogP contribution in [-0.4, -0.2) is 72.4 Å². The summed E-state index contributed by atoms with van der Waals surface area (Å²) in [7, 11) is 1.65. The molecule has 0 aromatic heterocycles. The van der Waals surface area contributed by atoms with Crippen molar-refractivity contribution < 1.29 is 14.3 Å². The molecule has 0 radical (unpaired) electrons. The fraction of sp³-hybridized carbons (Fsp3) is 0.375. The van der Waals surface area contributed by atoms with Crippen molar-refractivity contribution in [2.45, 2.75) is 37.3 Å². The van der Waals surface area contributed by atoms with Gasteiger partial charge in [-0.2, -0.15) is 0 Å². The molecule has 0 N–H and O–H groups in total. The van der Waals surface area contributed by atoms with Crippen LogP contribution in [0.25, 0.3) is 0 Å². The molecule has 2 heterocycles. The average molecular weight is 510 g/mol. The molecule has 0 unspecified atom stereocenters. The minimum absolute atomic E-state index is 0.0331. The molecule has 0 spiro atoms. The fourth-order valence-corrected chi connectivity index (χ4v) is 6.07. The molecular formula is C32H35N3O3. The predicted molar refractivity (Wildman–Crippen MR) is 147 cm³/mol. The molecule has 1 aliphatic carbocycles. The molecular weight excluding hydrogens is 474 g/mol. The van der Waals surface area contributed by atoms with E-state index in [-0.39, 0.29) is 23.9 Å². The first-order chi connectivity index (χ1) is 18.6. The van der Waals surface area contributed by atoms with E-state index in [2.05, 4.69) is 29.2 Å². The van der Waals surface area contributed by atoms with Gasteiger partial charge in [-0.15, -0.1) is 0 Å². The van der Waals surface area contributed by atoms with E-state index < -0.39 is 5.92 Å². The number of fused-ring (bicyclic) bond motifs is 1. The second-order valence-corrected chi connectivity index (χ2v) is 10.6. The van der Waals surface area contributed by atoms with Crippen molar-refractivity contribution in [1.29, 1.82) is 0 Å². The lowest BCUT2D eigenvalue weighted by atomic mass is 9.78. The smallest absolute Gasteiger partial charge is 0.254 e. The van der Waals surface area contributed by atoms with Crippen LogP contribution in [0.4, 0.5) is 0 Å². The molecule has 6 nitrogen and oxygen atoms in total. The molecule has 196 valence electrons.